The first-order valence-electron chi connectivity index (χ1n) is 6.55. The number of hydrogen-bond acceptors (Lipinski definition) is 2. The van der Waals surface area contributed by atoms with Gasteiger partial charge in [-0.1, -0.05) is 6.07 Å². The number of nitrogens with one attached hydrogen (secondary N) is 1. The average Bonchev–Trinajstić information content (AvgIpc) is 2.35. The van der Waals surface area contributed by atoms with Gasteiger partial charge in [0.25, 0.3) is 0 Å². The van der Waals surface area contributed by atoms with Gasteiger partial charge in [-0.2, -0.15) is 0 Å². The molecule has 0 saturated carbocycles. The smallest absolute Gasteiger partial charge is 0.0104 e. The zero-order chi connectivity index (χ0) is 12.3. The van der Waals surface area contributed by atoms with Gasteiger partial charge in [0, 0.05) is 4.90 Å². The molecule has 1 unspecified atom stereocenters. The lowest BCUT2D eigenvalue weighted by Crippen LogP contribution is -2.30. The molecule has 1 saturated heterocycles. The maximum absolute atomic E-state index is 3.51. The molecule has 94 valence electrons. The zero-order valence-corrected chi connectivity index (χ0v) is 12.0. The molecule has 1 nitrogen and oxygen atoms in total. The van der Waals surface area contributed by atoms with E-state index in [1.807, 2.05) is 11.8 Å². The van der Waals surface area contributed by atoms with Crippen LogP contribution in [0.15, 0.2) is 17.0 Å². The van der Waals surface area contributed by atoms with E-state index in [-0.39, 0.29) is 0 Å². The van der Waals surface area contributed by atoms with Crippen LogP contribution >= 0.6 is 11.8 Å². The van der Waals surface area contributed by atoms with Gasteiger partial charge in [0.1, 0.15) is 0 Å². The first-order chi connectivity index (χ1) is 8.20. The molecule has 1 aromatic carbocycles. The van der Waals surface area contributed by atoms with Crippen LogP contribution in [-0.2, 0) is 6.42 Å². The molecule has 1 aliphatic heterocycles. The molecule has 1 aromatic rings. The lowest BCUT2D eigenvalue weighted by atomic mass is 9.91. The number of rotatable bonds is 3. The summed E-state index contributed by atoms with van der Waals surface area (Å²) in [5.74, 6) is 0.830. The maximum Gasteiger partial charge on any atom is 0.0104 e. The highest BCUT2D eigenvalue weighted by atomic mass is 32.2. The van der Waals surface area contributed by atoms with E-state index in [1.165, 1.54) is 48.4 Å². The third kappa shape index (κ3) is 3.26. The molecule has 0 radical (unpaired) electrons. The van der Waals surface area contributed by atoms with Crippen LogP contribution in [0.4, 0.5) is 0 Å². The number of aryl methyl sites for hydroxylation is 2. The van der Waals surface area contributed by atoms with Gasteiger partial charge in [-0.05, 0) is 81.1 Å². The van der Waals surface area contributed by atoms with Gasteiger partial charge in [0.15, 0.2) is 0 Å². The number of thioether (sulfide) groups is 1. The van der Waals surface area contributed by atoms with E-state index in [9.17, 15) is 0 Å². The van der Waals surface area contributed by atoms with E-state index < -0.39 is 0 Å². The topological polar surface area (TPSA) is 12.0 Å². The van der Waals surface area contributed by atoms with Crippen molar-refractivity contribution in [2.45, 2.75) is 38.0 Å². The molecule has 1 fully saturated rings. The van der Waals surface area contributed by atoms with Crippen molar-refractivity contribution in [3.63, 3.8) is 0 Å². The van der Waals surface area contributed by atoms with Crippen LogP contribution in [0.2, 0.25) is 0 Å². The molecule has 0 amide bonds. The number of benzene rings is 1. The van der Waals surface area contributed by atoms with Gasteiger partial charge in [0.05, 0.1) is 0 Å². The predicted octanol–water partition coefficient (Wildman–Crippen LogP) is 3.57. The molecule has 1 heterocycles. The second-order valence-corrected chi connectivity index (χ2v) is 6.01. The van der Waals surface area contributed by atoms with Crippen molar-refractivity contribution in [2.24, 2.45) is 5.92 Å². The summed E-state index contributed by atoms with van der Waals surface area (Å²) in [4.78, 5) is 1.47. The van der Waals surface area contributed by atoms with Gasteiger partial charge in [0.2, 0.25) is 0 Å². The highest BCUT2D eigenvalue weighted by Crippen LogP contribution is 2.27. The second-order valence-electron chi connectivity index (χ2n) is 5.16. The van der Waals surface area contributed by atoms with Gasteiger partial charge >= 0.3 is 0 Å². The van der Waals surface area contributed by atoms with Crippen molar-refractivity contribution < 1.29 is 0 Å². The van der Waals surface area contributed by atoms with E-state index in [1.54, 1.807) is 5.56 Å². The third-order valence-electron chi connectivity index (χ3n) is 3.80. The van der Waals surface area contributed by atoms with Crippen LogP contribution in [0.5, 0.6) is 0 Å². The largest absolute Gasteiger partial charge is 0.316 e. The van der Waals surface area contributed by atoms with Crippen molar-refractivity contribution in [1.82, 2.24) is 5.32 Å². The van der Waals surface area contributed by atoms with E-state index in [2.05, 4.69) is 37.6 Å². The Morgan fingerprint density at radius 1 is 1.29 bits per heavy atom. The fourth-order valence-corrected chi connectivity index (χ4v) is 3.31. The van der Waals surface area contributed by atoms with E-state index >= 15 is 0 Å². The van der Waals surface area contributed by atoms with Crippen LogP contribution < -0.4 is 5.32 Å². The Kier molecular flexibility index (Phi) is 4.52. The molecular formula is C15H23NS. The summed E-state index contributed by atoms with van der Waals surface area (Å²) in [7, 11) is 0. The molecule has 2 heteroatoms. The van der Waals surface area contributed by atoms with Crippen molar-refractivity contribution >= 4 is 11.8 Å². The quantitative estimate of drug-likeness (QED) is 0.822. The second kappa shape index (κ2) is 5.92. The standard InChI is InChI=1S/C15H23NS/c1-11-7-14(15(17-3)8-12(11)2)9-13-5-4-6-16-10-13/h7-8,13,16H,4-6,9-10H2,1-3H3. The Morgan fingerprint density at radius 2 is 2.06 bits per heavy atom. The number of piperidine rings is 1. The Balaban J connectivity index is 2.15. The van der Waals surface area contributed by atoms with E-state index in [0.29, 0.717) is 0 Å². The predicted molar refractivity (Wildman–Crippen MR) is 77.0 cm³/mol. The minimum absolute atomic E-state index is 0.830. The average molecular weight is 249 g/mol. The Hall–Kier alpha value is -0.470. The molecule has 2 rings (SSSR count). The Labute approximate surface area is 109 Å². The molecule has 0 aliphatic carbocycles. The Morgan fingerprint density at radius 3 is 2.71 bits per heavy atom. The van der Waals surface area contributed by atoms with Crippen molar-refractivity contribution in [2.75, 3.05) is 19.3 Å². The maximum atomic E-state index is 3.51. The highest BCUT2D eigenvalue weighted by Gasteiger charge is 2.15. The normalized spacial score (nSPS) is 20.5. The fraction of sp³-hybridized carbons (Fsp3) is 0.600. The highest BCUT2D eigenvalue weighted by molar-refractivity contribution is 7.98. The first-order valence-corrected chi connectivity index (χ1v) is 7.78. The van der Waals surface area contributed by atoms with Crippen molar-refractivity contribution in [3.05, 3.63) is 28.8 Å². The summed E-state index contributed by atoms with van der Waals surface area (Å²) in [6.45, 7) is 6.84. The zero-order valence-electron chi connectivity index (χ0n) is 11.2. The summed E-state index contributed by atoms with van der Waals surface area (Å²) in [6, 6.07) is 4.75. The van der Waals surface area contributed by atoms with Crippen LogP contribution in [0.25, 0.3) is 0 Å². The lowest BCUT2D eigenvalue weighted by molar-refractivity contribution is 0.374. The summed E-state index contributed by atoms with van der Waals surface area (Å²) in [5.41, 5.74) is 4.40. The Bertz CT molecular complexity index is 381. The minimum Gasteiger partial charge on any atom is -0.316 e. The summed E-state index contributed by atoms with van der Waals surface area (Å²) < 4.78 is 0. The van der Waals surface area contributed by atoms with E-state index in [0.717, 1.165) is 5.92 Å². The first kappa shape index (κ1) is 13.0. The van der Waals surface area contributed by atoms with Crippen molar-refractivity contribution in [3.8, 4) is 0 Å². The van der Waals surface area contributed by atoms with Crippen LogP contribution in [0.1, 0.15) is 29.5 Å². The molecule has 17 heavy (non-hydrogen) atoms. The monoisotopic (exact) mass is 249 g/mol. The summed E-state index contributed by atoms with van der Waals surface area (Å²) >= 11 is 1.89. The van der Waals surface area contributed by atoms with Crippen LogP contribution in [-0.4, -0.2) is 19.3 Å². The molecule has 0 bridgehead atoms. The lowest BCUT2D eigenvalue weighted by Gasteiger charge is -2.24. The summed E-state index contributed by atoms with van der Waals surface area (Å²) in [5, 5.41) is 3.51. The number of hydrogen-bond donors (Lipinski definition) is 1. The van der Waals surface area contributed by atoms with Gasteiger partial charge in [-0.25, -0.2) is 0 Å². The molecular weight excluding hydrogens is 226 g/mol. The summed E-state index contributed by atoms with van der Waals surface area (Å²) in [6.07, 6.45) is 6.15. The van der Waals surface area contributed by atoms with E-state index in [4.69, 9.17) is 0 Å². The third-order valence-corrected chi connectivity index (χ3v) is 4.62. The molecule has 0 spiro atoms. The fourth-order valence-electron chi connectivity index (χ4n) is 2.61. The minimum atomic E-state index is 0.830. The van der Waals surface area contributed by atoms with Gasteiger partial charge < -0.3 is 5.32 Å². The van der Waals surface area contributed by atoms with Crippen molar-refractivity contribution in [1.29, 1.82) is 0 Å². The molecule has 0 aromatic heterocycles. The molecule has 1 N–H and O–H groups in total. The van der Waals surface area contributed by atoms with Gasteiger partial charge in [-0.15, -0.1) is 11.8 Å². The van der Waals surface area contributed by atoms with Crippen LogP contribution in [0.3, 0.4) is 0 Å². The SMILES string of the molecule is CSc1cc(C)c(C)cc1CC1CCCNC1. The van der Waals surface area contributed by atoms with Gasteiger partial charge in [-0.3, -0.25) is 0 Å². The van der Waals surface area contributed by atoms with Crippen LogP contribution in [0, 0.1) is 19.8 Å². The molecule has 1 aliphatic rings. The molecule has 1 atom stereocenters.